The molecule has 4 rings (SSSR count). The zero-order chi connectivity index (χ0) is 20.8. The average molecular weight is 408 g/mol. The van der Waals surface area contributed by atoms with Gasteiger partial charge in [-0.3, -0.25) is 9.59 Å². The highest BCUT2D eigenvalue weighted by Gasteiger charge is 2.24. The van der Waals surface area contributed by atoms with Crippen LogP contribution >= 0.6 is 0 Å². The fraction of sp³-hybridized carbons (Fsp3) is 0.417. The normalized spacial score (nSPS) is 20.8. The fourth-order valence-electron chi connectivity index (χ4n) is 4.13. The van der Waals surface area contributed by atoms with Crippen molar-refractivity contribution in [2.75, 3.05) is 26.2 Å². The van der Waals surface area contributed by atoms with Gasteiger partial charge in [-0.25, -0.2) is 0 Å². The predicted octanol–water partition coefficient (Wildman–Crippen LogP) is 2.63. The maximum absolute atomic E-state index is 12.4. The molecule has 6 heteroatoms. The van der Waals surface area contributed by atoms with Crippen LogP contribution in [0.15, 0.2) is 48.5 Å². The Morgan fingerprint density at radius 3 is 1.63 bits per heavy atom. The SMILES string of the molecule is O=C(CCC(=O)OC1CNCCc2ccccc21)OC1CNCCc2ccccc21. The van der Waals surface area contributed by atoms with E-state index in [0.717, 1.165) is 37.1 Å². The zero-order valence-electron chi connectivity index (χ0n) is 17.1. The minimum absolute atomic E-state index is 0.0132. The molecule has 0 saturated heterocycles. The van der Waals surface area contributed by atoms with Crippen LogP contribution in [-0.4, -0.2) is 38.1 Å². The fourth-order valence-corrected chi connectivity index (χ4v) is 4.13. The Kier molecular flexibility index (Phi) is 6.77. The summed E-state index contributed by atoms with van der Waals surface area (Å²) in [5.41, 5.74) is 4.47. The number of ether oxygens (including phenoxy) is 2. The summed E-state index contributed by atoms with van der Waals surface area (Å²) in [7, 11) is 0. The first kappa shape index (κ1) is 20.6. The van der Waals surface area contributed by atoms with Gasteiger partial charge < -0.3 is 20.1 Å². The summed E-state index contributed by atoms with van der Waals surface area (Å²) >= 11 is 0. The molecule has 0 aliphatic carbocycles. The lowest BCUT2D eigenvalue weighted by molar-refractivity contribution is -0.156. The van der Waals surface area contributed by atoms with Crippen LogP contribution < -0.4 is 10.6 Å². The van der Waals surface area contributed by atoms with Crippen LogP contribution in [0.5, 0.6) is 0 Å². The van der Waals surface area contributed by atoms with Gasteiger partial charge in [0, 0.05) is 13.1 Å². The third kappa shape index (κ3) is 5.07. The molecule has 0 amide bonds. The maximum Gasteiger partial charge on any atom is 0.307 e. The number of esters is 2. The maximum atomic E-state index is 12.4. The van der Waals surface area contributed by atoms with E-state index in [1.54, 1.807) is 0 Å². The van der Waals surface area contributed by atoms with E-state index in [4.69, 9.17) is 9.47 Å². The van der Waals surface area contributed by atoms with Gasteiger partial charge >= 0.3 is 11.9 Å². The number of carbonyl (C=O) groups is 2. The molecule has 0 fully saturated rings. The summed E-state index contributed by atoms with van der Waals surface area (Å²) in [4.78, 5) is 24.8. The van der Waals surface area contributed by atoms with Crippen molar-refractivity contribution < 1.29 is 19.1 Å². The number of benzene rings is 2. The van der Waals surface area contributed by atoms with E-state index >= 15 is 0 Å². The van der Waals surface area contributed by atoms with Gasteiger partial charge in [-0.15, -0.1) is 0 Å². The molecule has 2 atom stereocenters. The first-order valence-corrected chi connectivity index (χ1v) is 10.7. The molecule has 2 aromatic carbocycles. The number of hydrogen-bond donors (Lipinski definition) is 2. The van der Waals surface area contributed by atoms with Crippen molar-refractivity contribution in [1.29, 1.82) is 0 Å². The molecule has 30 heavy (non-hydrogen) atoms. The van der Waals surface area contributed by atoms with E-state index in [1.165, 1.54) is 11.1 Å². The molecule has 2 aliphatic rings. The van der Waals surface area contributed by atoms with Gasteiger partial charge in [0.25, 0.3) is 0 Å². The summed E-state index contributed by atoms with van der Waals surface area (Å²) in [5.74, 6) is -0.760. The van der Waals surface area contributed by atoms with E-state index in [1.807, 2.05) is 36.4 Å². The summed E-state index contributed by atoms with van der Waals surface area (Å²) in [6, 6.07) is 16.1. The smallest absolute Gasteiger partial charge is 0.307 e. The van der Waals surface area contributed by atoms with Gasteiger partial charge in [0.2, 0.25) is 0 Å². The van der Waals surface area contributed by atoms with Crippen molar-refractivity contribution in [2.24, 2.45) is 0 Å². The zero-order valence-corrected chi connectivity index (χ0v) is 17.1. The van der Waals surface area contributed by atoms with Crippen LogP contribution in [0.3, 0.4) is 0 Å². The van der Waals surface area contributed by atoms with Crippen LogP contribution in [0.1, 0.15) is 47.3 Å². The Balaban J connectivity index is 1.31. The summed E-state index contributed by atoms with van der Waals surface area (Å²) in [5, 5.41) is 6.62. The number of nitrogens with one attached hydrogen (secondary N) is 2. The number of carbonyl (C=O) groups excluding carboxylic acids is 2. The van der Waals surface area contributed by atoms with E-state index in [2.05, 4.69) is 22.8 Å². The first-order valence-electron chi connectivity index (χ1n) is 10.7. The van der Waals surface area contributed by atoms with E-state index in [9.17, 15) is 9.59 Å². The molecule has 6 nitrogen and oxygen atoms in total. The van der Waals surface area contributed by atoms with Crippen LogP contribution in [0.4, 0.5) is 0 Å². The minimum atomic E-state index is -0.380. The second-order valence-corrected chi connectivity index (χ2v) is 7.76. The second kappa shape index (κ2) is 9.87. The molecule has 0 aromatic heterocycles. The summed E-state index contributed by atoms with van der Waals surface area (Å²) < 4.78 is 11.4. The lowest BCUT2D eigenvalue weighted by atomic mass is 10.0. The molecule has 2 unspecified atom stereocenters. The van der Waals surface area contributed by atoms with Crippen molar-refractivity contribution in [3.8, 4) is 0 Å². The monoisotopic (exact) mass is 408 g/mol. The van der Waals surface area contributed by atoms with Gasteiger partial charge in [-0.05, 0) is 48.2 Å². The molecule has 0 bridgehead atoms. The first-order chi connectivity index (χ1) is 14.7. The van der Waals surface area contributed by atoms with Gasteiger partial charge in [-0.1, -0.05) is 48.5 Å². The quantitative estimate of drug-likeness (QED) is 0.741. The van der Waals surface area contributed by atoms with Gasteiger partial charge in [0.15, 0.2) is 0 Å². The Morgan fingerprint density at radius 2 is 1.17 bits per heavy atom. The van der Waals surface area contributed by atoms with E-state index < -0.39 is 0 Å². The van der Waals surface area contributed by atoms with Crippen molar-refractivity contribution in [3.05, 3.63) is 70.8 Å². The van der Waals surface area contributed by atoms with Gasteiger partial charge in [0.1, 0.15) is 12.2 Å². The van der Waals surface area contributed by atoms with Crippen molar-refractivity contribution in [3.63, 3.8) is 0 Å². The molecule has 2 N–H and O–H groups in total. The average Bonchev–Trinajstić information content (AvgIpc) is 3.09. The van der Waals surface area contributed by atoms with Gasteiger partial charge in [0.05, 0.1) is 12.8 Å². The van der Waals surface area contributed by atoms with E-state index in [0.29, 0.717) is 13.1 Å². The lowest BCUT2D eigenvalue weighted by Crippen LogP contribution is -2.25. The van der Waals surface area contributed by atoms with Crippen LogP contribution in [0.25, 0.3) is 0 Å². The van der Waals surface area contributed by atoms with Crippen LogP contribution in [0, 0.1) is 0 Å². The molecular formula is C24H28N2O4. The lowest BCUT2D eigenvalue weighted by Gasteiger charge is -2.19. The van der Waals surface area contributed by atoms with Crippen molar-refractivity contribution in [1.82, 2.24) is 10.6 Å². The topological polar surface area (TPSA) is 76.7 Å². The highest BCUT2D eigenvalue weighted by atomic mass is 16.6. The van der Waals surface area contributed by atoms with Gasteiger partial charge in [-0.2, -0.15) is 0 Å². The molecule has 2 heterocycles. The standard InChI is InChI=1S/C24H28N2O4/c27-23(29-21-15-25-13-11-17-5-1-3-7-19(17)21)9-10-24(28)30-22-16-26-14-12-18-6-2-4-8-20(18)22/h1-8,21-22,25-26H,9-16H2. The van der Waals surface area contributed by atoms with Crippen LogP contribution in [0.2, 0.25) is 0 Å². The summed E-state index contributed by atoms with van der Waals surface area (Å²) in [6.45, 7) is 2.87. The second-order valence-electron chi connectivity index (χ2n) is 7.76. The van der Waals surface area contributed by atoms with Crippen LogP contribution in [-0.2, 0) is 31.9 Å². The Hall–Kier alpha value is -2.70. The summed E-state index contributed by atoms with van der Waals surface area (Å²) in [6.07, 6.45) is 1.19. The van der Waals surface area contributed by atoms with Crippen molar-refractivity contribution in [2.45, 2.75) is 37.9 Å². The number of fused-ring (bicyclic) bond motifs is 2. The number of hydrogen-bond acceptors (Lipinski definition) is 6. The Bertz CT molecular complexity index is 825. The third-order valence-corrected chi connectivity index (χ3v) is 5.69. The number of rotatable bonds is 5. The molecule has 158 valence electrons. The molecule has 2 aliphatic heterocycles. The molecule has 0 spiro atoms. The predicted molar refractivity (Wildman–Crippen MR) is 113 cm³/mol. The Labute approximate surface area is 177 Å². The molecule has 2 aromatic rings. The molecule has 0 radical (unpaired) electrons. The minimum Gasteiger partial charge on any atom is -0.456 e. The third-order valence-electron chi connectivity index (χ3n) is 5.69. The van der Waals surface area contributed by atoms with E-state index in [-0.39, 0.29) is 37.0 Å². The molecule has 0 saturated carbocycles. The Morgan fingerprint density at radius 1 is 0.733 bits per heavy atom. The molecular weight excluding hydrogens is 380 g/mol. The highest BCUT2D eigenvalue weighted by Crippen LogP contribution is 2.26. The van der Waals surface area contributed by atoms with Crippen molar-refractivity contribution >= 4 is 11.9 Å². The largest absolute Gasteiger partial charge is 0.456 e. The highest BCUT2D eigenvalue weighted by molar-refractivity contribution is 5.78.